The van der Waals surface area contributed by atoms with Gasteiger partial charge in [-0.3, -0.25) is 9.79 Å². The van der Waals surface area contributed by atoms with E-state index in [1.807, 2.05) is 25.1 Å². The van der Waals surface area contributed by atoms with Crippen LogP contribution in [0.3, 0.4) is 0 Å². The minimum Gasteiger partial charge on any atom is -0.493 e. The van der Waals surface area contributed by atoms with E-state index in [1.165, 1.54) is 18.4 Å². The first kappa shape index (κ1) is 28.2. The van der Waals surface area contributed by atoms with Crippen molar-refractivity contribution < 1.29 is 23.7 Å². The number of nitrogens with one attached hydrogen (secondary N) is 1. The molecule has 2 aliphatic rings. The molecule has 1 N–H and O–H groups in total. The summed E-state index contributed by atoms with van der Waals surface area (Å²) < 4.78 is 21.9. The lowest BCUT2D eigenvalue weighted by atomic mass is 9.75. The molecule has 0 aromatic heterocycles. The standard InChI is InChI=1S/C33H37N3O5/c1-20(35-36-32(37)16-21-13-14-28(38-2)29(15-21)39-3)22-9-8-10-23(17-22)33-26-19-31(41-5)30(40-4)18-25(26)24-11-6-7-12-27(24)34-33/h8-10,13-15,17-19,24,27H,6-7,11-12,16H2,1-5H3,(H,36,37)/t24-,27-/m1/s1. The number of nitrogens with zero attached hydrogens (tertiary/aromatic N) is 2. The Balaban J connectivity index is 1.39. The van der Waals surface area contributed by atoms with Crippen molar-refractivity contribution in [3.05, 3.63) is 82.4 Å². The molecule has 0 saturated heterocycles. The van der Waals surface area contributed by atoms with Crippen LogP contribution in [0.1, 0.15) is 66.3 Å². The van der Waals surface area contributed by atoms with Gasteiger partial charge in [0.05, 0.1) is 52.3 Å². The van der Waals surface area contributed by atoms with E-state index >= 15 is 0 Å². The number of hydrogen-bond acceptors (Lipinski definition) is 7. The highest BCUT2D eigenvalue weighted by Crippen LogP contribution is 2.44. The molecule has 1 saturated carbocycles. The molecule has 1 amide bonds. The van der Waals surface area contributed by atoms with Crippen molar-refractivity contribution in [1.82, 2.24) is 5.43 Å². The molecule has 3 aromatic rings. The van der Waals surface area contributed by atoms with Crippen LogP contribution >= 0.6 is 0 Å². The number of carbonyl (C=O) groups excluding carboxylic acids is 1. The predicted octanol–water partition coefficient (Wildman–Crippen LogP) is 5.68. The maximum Gasteiger partial charge on any atom is 0.244 e. The van der Waals surface area contributed by atoms with E-state index in [1.54, 1.807) is 40.6 Å². The normalized spacial score (nSPS) is 18.0. The number of benzene rings is 3. The molecule has 0 bridgehead atoms. The molecule has 2 atom stereocenters. The molecule has 3 aromatic carbocycles. The molecule has 1 fully saturated rings. The number of amides is 1. The van der Waals surface area contributed by atoms with Gasteiger partial charge in [-0.15, -0.1) is 0 Å². The second-order valence-electron chi connectivity index (χ2n) is 10.4. The Bertz CT molecular complexity index is 1500. The van der Waals surface area contributed by atoms with Crippen LogP contribution < -0.4 is 24.4 Å². The van der Waals surface area contributed by atoms with Crippen LogP contribution in [-0.4, -0.2) is 51.8 Å². The lowest BCUT2D eigenvalue weighted by molar-refractivity contribution is -0.120. The van der Waals surface area contributed by atoms with E-state index in [4.69, 9.17) is 23.9 Å². The fourth-order valence-corrected chi connectivity index (χ4v) is 5.82. The molecule has 1 aliphatic heterocycles. The number of fused-ring (bicyclic) bond motifs is 3. The van der Waals surface area contributed by atoms with Crippen LogP contribution in [0.15, 0.2) is 64.7 Å². The van der Waals surface area contributed by atoms with Gasteiger partial charge >= 0.3 is 0 Å². The van der Waals surface area contributed by atoms with E-state index < -0.39 is 0 Å². The Morgan fingerprint density at radius 1 is 0.878 bits per heavy atom. The highest BCUT2D eigenvalue weighted by Gasteiger charge is 2.34. The van der Waals surface area contributed by atoms with Crippen molar-refractivity contribution in [3.8, 4) is 23.0 Å². The number of carbonyl (C=O) groups is 1. The number of rotatable bonds is 9. The van der Waals surface area contributed by atoms with Crippen LogP contribution in [0.5, 0.6) is 23.0 Å². The Morgan fingerprint density at radius 2 is 1.59 bits per heavy atom. The summed E-state index contributed by atoms with van der Waals surface area (Å²) in [6.45, 7) is 1.89. The highest BCUT2D eigenvalue weighted by atomic mass is 16.5. The Morgan fingerprint density at radius 3 is 2.34 bits per heavy atom. The van der Waals surface area contributed by atoms with Crippen LogP contribution in [0.4, 0.5) is 0 Å². The van der Waals surface area contributed by atoms with Gasteiger partial charge < -0.3 is 18.9 Å². The summed E-state index contributed by atoms with van der Waals surface area (Å²) in [6, 6.07) is 18.0. The van der Waals surface area contributed by atoms with Crippen molar-refractivity contribution in [2.24, 2.45) is 10.1 Å². The average Bonchev–Trinajstić information content (AvgIpc) is 3.02. The summed E-state index contributed by atoms with van der Waals surface area (Å²) in [5, 5.41) is 4.40. The SMILES string of the molecule is COc1ccc(CC(=O)NN=C(C)c2cccc(C3=N[C@@H]4CCCC[C@@H]4c4cc(OC)c(OC)cc43)c2)cc1OC. The summed E-state index contributed by atoms with van der Waals surface area (Å²) in [5.74, 6) is 2.80. The minimum atomic E-state index is -0.220. The molecule has 1 aliphatic carbocycles. The molecular weight excluding hydrogens is 518 g/mol. The lowest BCUT2D eigenvalue weighted by Crippen LogP contribution is -2.29. The lowest BCUT2D eigenvalue weighted by Gasteiger charge is -2.35. The van der Waals surface area contributed by atoms with E-state index in [9.17, 15) is 4.79 Å². The van der Waals surface area contributed by atoms with Crippen molar-refractivity contribution in [2.45, 2.75) is 51.0 Å². The maximum atomic E-state index is 12.7. The number of hydrazone groups is 1. The molecule has 5 rings (SSSR count). The molecule has 8 heteroatoms. The molecule has 41 heavy (non-hydrogen) atoms. The van der Waals surface area contributed by atoms with Gasteiger partial charge in [-0.25, -0.2) is 5.43 Å². The van der Waals surface area contributed by atoms with Crippen LogP contribution in [0, 0.1) is 0 Å². The summed E-state index contributed by atoms with van der Waals surface area (Å²) in [4.78, 5) is 18.0. The maximum absolute atomic E-state index is 12.7. The molecule has 0 spiro atoms. The monoisotopic (exact) mass is 555 g/mol. The second-order valence-corrected chi connectivity index (χ2v) is 10.4. The van der Waals surface area contributed by atoms with Gasteiger partial charge in [0, 0.05) is 17.0 Å². The molecule has 0 unspecified atom stereocenters. The van der Waals surface area contributed by atoms with Crippen molar-refractivity contribution in [1.29, 1.82) is 0 Å². The Labute approximate surface area is 241 Å². The van der Waals surface area contributed by atoms with Gasteiger partial charge in [-0.05, 0) is 66.8 Å². The van der Waals surface area contributed by atoms with Gasteiger partial charge in [-0.2, -0.15) is 5.10 Å². The Hall–Kier alpha value is -4.33. The number of hydrogen-bond donors (Lipinski definition) is 1. The molecule has 0 radical (unpaired) electrons. The summed E-state index contributed by atoms with van der Waals surface area (Å²) in [6.07, 6.45) is 4.77. The third-order valence-corrected chi connectivity index (χ3v) is 7.95. The second kappa shape index (κ2) is 12.5. The molecule has 214 valence electrons. The van der Waals surface area contributed by atoms with Gasteiger partial charge in [0.15, 0.2) is 23.0 Å². The van der Waals surface area contributed by atoms with E-state index in [-0.39, 0.29) is 18.4 Å². The first-order valence-electron chi connectivity index (χ1n) is 13.9. The van der Waals surface area contributed by atoms with Gasteiger partial charge in [0.1, 0.15) is 0 Å². The minimum absolute atomic E-state index is 0.165. The number of methoxy groups -OCH3 is 4. The summed E-state index contributed by atoms with van der Waals surface area (Å²) in [7, 11) is 6.49. The van der Waals surface area contributed by atoms with Crippen LogP contribution in [0.25, 0.3) is 0 Å². The zero-order valence-corrected chi connectivity index (χ0v) is 24.3. The zero-order chi connectivity index (χ0) is 28.9. The van der Waals surface area contributed by atoms with E-state index in [0.717, 1.165) is 46.6 Å². The quantitative estimate of drug-likeness (QED) is 0.271. The highest BCUT2D eigenvalue weighted by molar-refractivity contribution is 6.16. The van der Waals surface area contributed by atoms with E-state index in [2.05, 4.69) is 34.8 Å². The van der Waals surface area contributed by atoms with Crippen LogP contribution in [-0.2, 0) is 11.2 Å². The van der Waals surface area contributed by atoms with Gasteiger partial charge in [-0.1, -0.05) is 37.1 Å². The molecular formula is C33H37N3O5. The third kappa shape index (κ3) is 5.92. The average molecular weight is 556 g/mol. The van der Waals surface area contributed by atoms with Gasteiger partial charge in [0.2, 0.25) is 5.91 Å². The number of aliphatic imine (C=N–C) groups is 1. The Kier molecular flexibility index (Phi) is 8.57. The summed E-state index contributed by atoms with van der Waals surface area (Å²) >= 11 is 0. The molecule has 8 nitrogen and oxygen atoms in total. The topological polar surface area (TPSA) is 90.7 Å². The first-order chi connectivity index (χ1) is 19.9. The zero-order valence-electron chi connectivity index (χ0n) is 24.3. The van der Waals surface area contributed by atoms with E-state index in [0.29, 0.717) is 28.9 Å². The smallest absolute Gasteiger partial charge is 0.244 e. The van der Waals surface area contributed by atoms with Crippen molar-refractivity contribution >= 4 is 17.3 Å². The van der Waals surface area contributed by atoms with Gasteiger partial charge in [0.25, 0.3) is 0 Å². The fraction of sp³-hybridized carbons (Fsp3) is 0.364. The first-order valence-corrected chi connectivity index (χ1v) is 13.9. The van der Waals surface area contributed by atoms with Crippen molar-refractivity contribution in [3.63, 3.8) is 0 Å². The number of ether oxygens (including phenoxy) is 4. The molecule has 1 heterocycles. The summed E-state index contributed by atoms with van der Waals surface area (Å²) in [5.41, 5.74) is 9.42. The predicted molar refractivity (Wildman–Crippen MR) is 160 cm³/mol. The third-order valence-electron chi connectivity index (χ3n) is 7.95. The van der Waals surface area contributed by atoms with Crippen LogP contribution in [0.2, 0.25) is 0 Å². The largest absolute Gasteiger partial charge is 0.493 e. The fourth-order valence-electron chi connectivity index (χ4n) is 5.82. The van der Waals surface area contributed by atoms with Crippen molar-refractivity contribution in [2.75, 3.05) is 28.4 Å².